The number of hydrogen-bond donors (Lipinski definition) is 0. The lowest BCUT2D eigenvalue weighted by atomic mass is 9.84. The first kappa shape index (κ1) is 20.2. The molecule has 3 nitrogen and oxygen atoms in total. The Hall–Kier alpha value is -2.49. The van der Waals surface area contributed by atoms with Gasteiger partial charge in [-0.1, -0.05) is 53.7 Å². The van der Waals surface area contributed by atoms with Crippen LogP contribution in [-0.2, 0) is 0 Å². The summed E-state index contributed by atoms with van der Waals surface area (Å²) >= 11 is 0. The Morgan fingerprint density at radius 1 is 0.786 bits per heavy atom. The predicted molar refractivity (Wildman–Crippen MR) is 112 cm³/mol. The van der Waals surface area contributed by atoms with Gasteiger partial charge in [0.15, 0.2) is 0 Å². The molecule has 0 spiro atoms. The predicted octanol–water partition coefficient (Wildman–Crippen LogP) is 7.22. The van der Waals surface area contributed by atoms with Gasteiger partial charge in [-0.3, -0.25) is 0 Å². The van der Waals surface area contributed by atoms with Crippen molar-refractivity contribution in [3.8, 4) is 22.9 Å². The van der Waals surface area contributed by atoms with Gasteiger partial charge in [-0.2, -0.15) is 0 Å². The molecule has 148 valence electrons. The molecule has 0 fully saturated rings. The Morgan fingerprint density at radius 3 is 1.86 bits per heavy atom. The van der Waals surface area contributed by atoms with Gasteiger partial charge in [0, 0.05) is 11.1 Å². The van der Waals surface area contributed by atoms with Crippen molar-refractivity contribution in [2.24, 2.45) is 0 Å². The van der Waals surface area contributed by atoms with E-state index in [1.54, 1.807) is 19.1 Å². The van der Waals surface area contributed by atoms with E-state index in [0.29, 0.717) is 35.1 Å². The van der Waals surface area contributed by atoms with Gasteiger partial charge in [0.25, 0.3) is 0 Å². The van der Waals surface area contributed by atoms with E-state index in [-0.39, 0.29) is 5.82 Å². The third kappa shape index (κ3) is 3.87. The lowest BCUT2D eigenvalue weighted by Gasteiger charge is -2.20. The topological polar surface area (TPSA) is 38.9 Å². The fourth-order valence-electron chi connectivity index (χ4n) is 3.42. The Kier molecular flexibility index (Phi) is 5.69. The molecule has 2 aromatic carbocycles. The molecule has 4 heteroatoms. The second-order valence-corrected chi connectivity index (χ2v) is 8.41. The summed E-state index contributed by atoms with van der Waals surface area (Å²) in [4.78, 5) is 0. The number of aryl methyl sites for hydroxylation is 1. The minimum absolute atomic E-state index is 0.239. The maximum atomic E-state index is 13.6. The zero-order valence-corrected chi connectivity index (χ0v) is 17.8. The van der Waals surface area contributed by atoms with Gasteiger partial charge in [-0.15, -0.1) is 10.2 Å². The van der Waals surface area contributed by atoms with Crippen molar-refractivity contribution in [3.05, 3.63) is 58.4 Å². The fraction of sp³-hybridized carbons (Fsp3) is 0.417. The lowest BCUT2D eigenvalue weighted by Crippen LogP contribution is -2.03. The molecule has 0 aliphatic carbocycles. The molecule has 0 N–H and O–H groups in total. The molecule has 3 aromatic rings. The van der Waals surface area contributed by atoms with Gasteiger partial charge in [0.2, 0.25) is 11.8 Å². The van der Waals surface area contributed by atoms with Crippen LogP contribution in [0.5, 0.6) is 0 Å². The maximum absolute atomic E-state index is 13.6. The second-order valence-electron chi connectivity index (χ2n) is 8.41. The third-order valence-electron chi connectivity index (χ3n) is 5.18. The quantitative estimate of drug-likeness (QED) is 0.469. The van der Waals surface area contributed by atoms with E-state index in [2.05, 4.69) is 63.9 Å². The lowest BCUT2D eigenvalue weighted by molar-refractivity contribution is 0.580. The van der Waals surface area contributed by atoms with E-state index < -0.39 is 0 Å². The van der Waals surface area contributed by atoms with Gasteiger partial charge < -0.3 is 4.42 Å². The van der Waals surface area contributed by atoms with E-state index >= 15 is 0 Å². The van der Waals surface area contributed by atoms with Crippen LogP contribution in [0.25, 0.3) is 22.9 Å². The highest BCUT2D eigenvalue weighted by Gasteiger charge is 2.23. The number of hydrogen-bond acceptors (Lipinski definition) is 3. The second kappa shape index (κ2) is 7.86. The van der Waals surface area contributed by atoms with Crippen LogP contribution in [-0.4, -0.2) is 10.2 Å². The standard InChI is InChI=1S/C24H29FN2O/c1-13(2)18-11-19(14(3)4)22(20(12-18)15(5)6)24-27-26-23(28-24)17-8-9-21(25)16(7)10-17/h8-15H,1-7H3. The summed E-state index contributed by atoms with van der Waals surface area (Å²) in [7, 11) is 0. The molecule has 1 aromatic heterocycles. The number of nitrogens with zero attached hydrogens (tertiary/aromatic N) is 2. The molecule has 3 rings (SSSR count). The van der Waals surface area contributed by atoms with Crippen molar-refractivity contribution in [2.75, 3.05) is 0 Å². The molecule has 0 saturated heterocycles. The van der Waals surface area contributed by atoms with E-state index in [0.717, 1.165) is 11.1 Å². The van der Waals surface area contributed by atoms with Gasteiger partial charge >= 0.3 is 0 Å². The van der Waals surface area contributed by atoms with Crippen molar-refractivity contribution < 1.29 is 8.81 Å². The molecule has 28 heavy (non-hydrogen) atoms. The first-order valence-corrected chi connectivity index (χ1v) is 9.97. The van der Waals surface area contributed by atoms with Crippen LogP contribution in [0, 0.1) is 12.7 Å². The Bertz CT molecular complexity index is 957. The molecule has 0 aliphatic rings. The van der Waals surface area contributed by atoms with Gasteiger partial charge in [-0.25, -0.2) is 4.39 Å². The average molecular weight is 381 g/mol. The number of halogens is 1. The maximum Gasteiger partial charge on any atom is 0.248 e. The SMILES string of the molecule is Cc1cc(-c2nnc(-c3c(C(C)C)cc(C(C)C)cc3C(C)C)o2)ccc1F. The minimum Gasteiger partial charge on any atom is -0.416 e. The summed E-state index contributed by atoms with van der Waals surface area (Å²) in [6.45, 7) is 14.9. The fourth-order valence-corrected chi connectivity index (χ4v) is 3.42. The molecule has 1 heterocycles. The molecular weight excluding hydrogens is 351 g/mol. The monoisotopic (exact) mass is 380 g/mol. The van der Waals surface area contributed by atoms with Crippen LogP contribution in [0.4, 0.5) is 4.39 Å². The van der Waals surface area contributed by atoms with Crippen molar-refractivity contribution in [1.29, 1.82) is 0 Å². The van der Waals surface area contributed by atoms with Crippen molar-refractivity contribution in [2.45, 2.75) is 66.2 Å². The Morgan fingerprint density at radius 2 is 1.36 bits per heavy atom. The van der Waals surface area contributed by atoms with Gasteiger partial charge in [-0.05, 0) is 65.1 Å². The molecular formula is C24H29FN2O. The smallest absolute Gasteiger partial charge is 0.248 e. The average Bonchev–Trinajstić information content (AvgIpc) is 3.12. The van der Waals surface area contributed by atoms with Crippen LogP contribution < -0.4 is 0 Å². The minimum atomic E-state index is -0.239. The molecule has 0 aliphatic heterocycles. The van der Waals surface area contributed by atoms with Crippen LogP contribution in [0.1, 0.15) is 81.5 Å². The molecule has 0 atom stereocenters. The van der Waals surface area contributed by atoms with Crippen LogP contribution in [0.2, 0.25) is 0 Å². The van der Waals surface area contributed by atoms with E-state index in [1.807, 2.05) is 0 Å². The highest BCUT2D eigenvalue weighted by molar-refractivity contribution is 5.68. The summed E-state index contributed by atoms with van der Waals surface area (Å²) in [6, 6.07) is 9.38. The number of rotatable bonds is 5. The van der Waals surface area contributed by atoms with Crippen molar-refractivity contribution >= 4 is 0 Å². The van der Waals surface area contributed by atoms with E-state index in [1.165, 1.54) is 22.8 Å². The Balaban J connectivity index is 2.17. The first-order chi connectivity index (χ1) is 13.2. The first-order valence-electron chi connectivity index (χ1n) is 9.97. The summed E-state index contributed by atoms with van der Waals surface area (Å²) in [5, 5.41) is 8.62. The molecule has 0 bridgehead atoms. The molecule has 0 saturated carbocycles. The van der Waals surface area contributed by atoms with Crippen LogP contribution >= 0.6 is 0 Å². The zero-order valence-electron chi connectivity index (χ0n) is 17.8. The summed E-state index contributed by atoms with van der Waals surface area (Å²) in [5.41, 5.74) is 6.09. The normalized spacial score (nSPS) is 11.8. The van der Waals surface area contributed by atoms with E-state index in [9.17, 15) is 4.39 Å². The van der Waals surface area contributed by atoms with Gasteiger partial charge in [0.05, 0.1) is 0 Å². The zero-order chi connectivity index (χ0) is 20.6. The Labute approximate surface area is 167 Å². The molecule has 0 unspecified atom stereocenters. The van der Waals surface area contributed by atoms with Crippen molar-refractivity contribution in [1.82, 2.24) is 10.2 Å². The summed E-state index contributed by atoms with van der Waals surface area (Å²) in [5.74, 6) is 1.81. The summed E-state index contributed by atoms with van der Waals surface area (Å²) < 4.78 is 19.7. The van der Waals surface area contributed by atoms with Crippen LogP contribution in [0.3, 0.4) is 0 Å². The van der Waals surface area contributed by atoms with Crippen molar-refractivity contribution in [3.63, 3.8) is 0 Å². The number of benzene rings is 2. The highest BCUT2D eigenvalue weighted by atomic mass is 19.1. The highest BCUT2D eigenvalue weighted by Crippen LogP contribution is 2.39. The number of aromatic nitrogens is 2. The van der Waals surface area contributed by atoms with Crippen LogP contribution in [0.15, 0.2) is 34.7 Å². The van der Waals surface area contributed by atoms with E-state index in [4.69, 9.17) is 4.42 Å². The molecule has 0 amide bonds. The summed E-state index contributed by atoms with van der Waals surface area (Å²) in [6.07, 6.45) is 0. The molecule has 0 radical (unpaired) electrons. The largest absolute Gasteiger partial charge is 0.416 e. The third-order valence-corrected chi connectivity index (χ3v) is 5.18. The van der Waals surface area contributed by atoms with Gasteiger partial charge in [0.1, 0.15) is 5.82 Å².